The lowest BCUT2D eigenvalue weighted by atomic mass is 10.9. The molecule has 0 radical (unpaired) electrons. The molecule has 0 bridgehead atoms. The molecule has 1 rings (SSSR count). The van der Waals surface area contributed by atoms with E-state index >= 15 is 0 Å². The van der Waals surface area contributed by atoms with Crippen LogP contribution in [0.4, 0.5) is 5.95 Å². The lowest BCUT2D eigenvalue weighted by Gasteiger charge is -1.90. The summed E-state index contributed by atoms with van der Waals surface area (Å²) in [5.74, 6) is 0.261. The van der Waals surface area contributed by atoms with E-state index in [9.17, 15) is 4.57 Å². The Balaban J connectivity index is 2.74. The van der Waals surface area contributed by atoms with Crippen molar-refractivity contribution < 1.29 is 9.46 Å². The van der Waals surface area contributed by atoms with E-state index in [1.807, 2.05) is 0 Å². The number of nitrogens with two attached hydrogens (primary N) is 1. The van der Waals surface area contributed by atoms with Crippen LogP contribution in [0.3, 0.4) is 0 Å². The predicted octanol–water partition coefficient (Wildman–Crippen LogP) is 0.157. The van der Waals surface area contributed by atoms with Crippen LogP contribution in [0.1, 0.15) is 0 Å². The van der Waals surface area contributed by atoms with Crippen LogP contribution in [0, 0.1) is 0 Å². The minimum absolute atomic E-state index is 0.0150. The van der Waals surface area contributed by atoms with Gasteiger partial charge in [-0.2, -0.15) is 4.89 Å². The molecule has 0 aromatic carbocycles. The second kappa shape index (κ2) is 2.77. The molecule has 0 aliphatic rings. The second-order valence-corrected chi connectivity index (χ2v) is 2.74. The van der Waals surface area contributed by atoms with Gasteiger partial charge in [0.15, 0.2) is 0 Å². The first-order chi connectivity index (χ1) is 4.70. The average Bonchev–Trinajstić information content (AvgIpc) is 2.15. The molecule has 10 heavy (non-hydrogen) atoms. The van der Waals surface area contributed by atoms with Crippen LogP contribution in [0.15, 0.2) is 12.4 Å². The molecule has 1 heterocycles. The number of anilines is 1. The summed E-state index contributed by atoms with van der Waals surface area (Å²) in [7, 11) is -2.17. The molecule has 5 nitrogen and oxygen atoms in total. The Bertz CT molecular complexity index is 246. The topological polar surface area (TPSA) is 81.1 Å². The quantitative estimate of drug-likeness (QED) is 0.603. The van der Waals surface area contributed by atoms with Gasteiger partial charge in [-0.3, -0.25) is 4.57 Å². The summed E-state index contributed by atoms with van der Waals surface area (Å²) in [5, 5.41) is 0. The van der Waals surface area contributed by atoms with E-state index in [4.69, 9.17) is 10.6 Å². The fourth-order valence-corrected chi connectivity index (χ4v) is 1.09. The van der Waals surface area contributed by atoms with Gasteiger partial charge in [0.1, 0.15) is 0 Å². The Morgan fingerprint density at radius 1 is 1.90 bits per heavy atom. The molecular formula is C4H7N3O2P+. The van der Waals surface area contributed by atoms with E-state index < -0.39 is 8.03 Å². The molecule has 0 saturated heterocycles. The summed E-state index contributed by atoms with van der Waals surface area (Å²) in [6.45, 7) is 0. The van der Waals surface area contributed by atoms with Crippen LogP contribution in [-0.2, 0) is 10.9 Å². The van der Waals surface area contributed by atoms with E-state index in [-0.39, 0.29) is 12.2 Å². The van der Waals surface area contributed by atoms with Gasteiger partial charge >= 0.3 is 8.03 Å². The first kappa shape index (κ1) is 7.18. The van der Waals surface area contributed by atoms with Crippen molar-refractivity contribution in [1.82, 2.24) is 9.55 Å². The third-order valence-electron chi connectivity index (χ3n) is 1.02. The van der Waals surface area contributed by atoms with E-state index in [0.29, 0.717) is 0 Å². The molecule has 54 valence electrons. The maximum absolute atomic E-state index is 10.3. The molecule has 1 atom stereocenters. The maximum atomic E-state index is 10.3. The van der Waals surface area contributed by atoms with E-state index in [1.165, 1.54) is 10.8 Å². The predicted molar refractivity (Wildman–Crippen MR) is 36.5 cm³/mol. The summed E-state index contributed by atoms with van der Waals surface area (Å²) in [4.78, 5) is 12.1. The fourth-order valence-electron chi connectivity index (χ4n) is 0.591. The van der Waals surface area contributed by atoms with Crippen molar-refractivity contribution in [2.24, 2.45) is 0 Å². The average molecular weight is 160 g/mol. The smallest absolute Gasteiger partial charge is 0.369 e. The molecule has 1 aromatic rings. The number of nitrogen functional groups attached to an aromatic ring is 1. The zero-order chi connectivity index (χ0) is 7.56. The maximum Gasteiger partial charge on any atom is 0.527 e. The Morgan fingerprint density at radius 2 is 2.60 bits per heavy atom. The van der Waals surface area contributed by atoms with Gasteiger partial charge in [0.2, 0.25) is 5.95 Å². The lowest BCUT2D eigenvalue weighted by Crippen LogP contribution is -1.99. The number of aromatic nitrogens is 2. The molecule has 1 unspecified atom stereocenters. The number of nitrogens with zero attached hydrogens (tertiary/aromatic N) is 2. The van der Waals surface area contributed by atoms with Crippen LogP contribution < -0.4 is 5.73 Å². The first-order valence-corrected chi connectivity index (χ1v) is 4.00. The minimum atomic E-state index is -2.17. The lowest BCUT2D eigenvalue weighted by molar-refractivity contribution is 0.493. The standard InChI is InChI=1S/C4H6N3O2P/c5-4-6-1-2-7(4)3-10(8)9/h1-2H,3H2,(H2-,5,6,8,9)/p+1. The van der Waals surface area contributed by atoms with Gasteiger partial charge in [-0.25, -0.2) is 4.98 Å². The van der Waals surface area contributed by atoms with E-state index in [2.05, 4.69) is 4.98 Å². The van der Waals surface area contributed by atoms with Crippen LogP contribution in [-0.4, -0.2) is 14.4 Å². The summed E-state index contributed by atoms with van der Waals surface area (Å²) in [6.07, 6.45) is 3.05. The minimum Gasteiger partial charge on any atom is -0.369 e. The molecule has 0 amide bonds. The molecule has 0 fully saturated rings. The Labute approximate surface area is 58.4 Å². The second-order valence-electron chi connectivity index (χ2n) is 1.75. The fraction of sp³-hybridized carbons (Fsp3) is 0.250. The van der Waals surface area contributed by atoms with E-state index in [0.717, 1.165) is 0 Å². The van der Waals surface area contributed by atoms with Gasteiger partial charge < -0.3 is 5.73 Å². The van der Waals surface area contributed by atoms with Gasteiger partial charge in [-0.1, -0.05) is 0 Å². The normalized spacial score (nSPS) is 11.5. The molecule has 0 saturated carbocycles. The van der Waals surface area contributed by atoms with Gasteiger partial charge in [0.25, 0.3) is 6.29 Å². The highest BCUT2D eigenvalue weighted by atomic mass is 31.1. The summed E-state index contributed by atoms with van der Waals surface area (Å²) in [6, 6.07) is 0. The van der Waals surface area contributed by atoms with Gasteiger partial charge in [0, 0.05) is 12.4 Å². The van der Waals surface area contributed by atoms with Crippen molar-refractivity contribution in [1.29, 1.82) is 0 Å². The molecule has 0 aliphatic carbocycles. The van der Waals surface area contributed by atoms with Gasteiger partial charge in [0.05, 0.1) is 0 Å². The Kier molecular flexibility index (Phi) is 1.99. The summed E-state index contributed by atoms with van der Waals surface area (Å²) >= 11 is 0. The van der Waals surface area contributed by atoms with Crippen molar-refractivity contribution in [2.75, 3.05) is 5.73 Å². The zero-order valence-electron chi connectivity index (χ0n) is 5.14. The highest BCUT2D eigenvalue weighted by Gasteiger charge is 2.11. The SMILES string of the molecule is Nc1nccn1C[P+](=O)O. The van der Waals surface area contributed by atoms with Gasteiger partial charge in [-0.15, -0.1) is 0 Å². The number of hydrogen-bond acceptors (Lipinski definition) is 3. The highest BCUT2D eigenvalue weighted by molar-refractivity contribution is 7.36. The highest BCUT2D eigenvalue weighted by Crippen LogP contribution is 2.17. The summed E-state index contributed by atoms with van der Waals surface area (Å²) < 4.78 is 11.7. The number of hydrogen-bond donors (Lipinski definition) is 2. The molecule has 6 heteroatoms. The molecule has 1 aromatic heterocycles. The summed E-state index contributed by atoms with van der Waals surface area (Å²) in [5.41, 5.74) is 5.30. The van der Waals surface area contributed by atoms with Crippen molar-refractivity contribution in [3.8, 4) is 0 Å². The van der Waals surface area contributed by atoms with Crippen molar-refractivity contribution in [2.45, 2.75) is 6.29 Å². The first-order valence-electron chi connectivity index (χ1n) is 2.60. The number of rotatable bonds is 2. The number of imidazole rings is 1. The third-order valence-corrected chi connectivity index (χ3v) is 1.57. The van der Waals surface area contributed by atoms with Crippen LogP contribution in [0.2, 0.25) is 0 Å². The van der Waals surface area contributed by atoms with Crippen LogP contribution >= 0.6 is 8.03 Å². The zero-order valence-corrected chi connectivity index (χ0v) is 6.03. The monoisotopic (exact) mass is 160 g/mol. The van der Waals surface area contributed by atoms with Crippen LogP contribution in [0.5, 0.6) is 0 Å². The largest absolute Gasteiger partial charge is 0.527 e. The molecule has 3 N–H and O–H groups in total. The Hall–Kier alpha value is -0.930. The molecular weight excluding hydrogens is 153 g/mol. The molecule has 0 spiro atoms. The van der Waals surface area contributed by atoms with Gasteiger partial charge in [-0.05, 0) is 4.57 Å². The van der Waals surface area contributed by atoms with Crippen molar-refractivity contribution in [3.05, 3.63) is 12.4 Å². The van der Waals surface area contributed by atoms with Crippen molar-refractivity contribution in [3.63, 3.8) is 0 Å². The Morgan fingerprint density at radius 3 is 3.00 bits per heavy atom. The van der Waals surface area contributed by atoms with Crippen LogP contribution in [0.25, 0.3) is 0 Å². The third kappa shape index (κ3) is 1.52. The van der Waals surface area contributed by atoms with Crippen molar-refractivity contribution >= 4 is 14.0 Å². The van der Waals surface area contributed by atoms with E-state index in [1.54, 1.807) is 6.20 Å². The molecule has 0 aliphatic heterocycles.